The molecule has 0 heterocycles. The van der Waals surface area contributed by atoms with Crippen LogP contribution in [0.15, 0.2) is 72.8 Å². The minimum atomic E-state index is -0.410. The highest BCUT2D eigenvalue weighted by Crippen LogP contribution is 2.25. The number of hydrogen-bond donors (Lipinski definition) is 0. The summed E-state index contributed by atoms with van der Waals surface area (Å²) in [6.45, 7) is 4.38. The first-order valence-corrected chi connectivity index (χ1v) is 18.6. The number of hydrogen-bond acceptors (Lipinski definition) is 6. The Morgan fingerprint density at radius 2 is 0.917 bits per heavy atom. The van der Waals surface area contributed by atoms with Gasteiger partial charge in [0, 0.05) is 12.5 Å². The maximum absolute atomic E-state index is 12.3. The molecule has 3 aromatic carbocycles. The zero-order chi connectivity index (χ0) is 33.9. The summed E-state index contributed by atoms with van der Waals surface area (Å²) in [6.07, 6.45) is 22.1. The van der Waals surface area contributed by atoms with Crippen molar-refractivity contribution in [2.45, 2.75) is 123 Å². The van der Waals surface area contributed by atoms with E-state index in [-0.39, 0.29) is 0 Å². The molecule has 6 nitrogen and oxygen atoms in total. The summed E-state index contributed by atoms with van der Waals surface area (Å²) in [4.78, 5) is 12.3. The lowest BCUT2D eigenvalue weighted by Crippen LogP contribution is -2.07. The van der Waals surface area contributed by atoms with E-state index in [2.05, 4.69) is 6.92 Å². The Balaban J connectivity index is 1.24. The van der Waals surface area contributed by atoms with Gasteiger partial charge in [-0.05, 0) is 48.4 Å². The largest absolute Gasteiger partial charge is 0.493 e. The minimum Gasteiger partial charge on any atom is -0.493 e. The lowest BCUT2D eigenvalue weighted by molar-refractivity contribution is 0.0599. The predicted octanol–water partition coefficient (Wildman–Crippen LogP) is 11.5. The van der Waals surface area contributed by atoms with E-state index >= 15 is 0 Å². The van der Waals surface area contributed by atoms with Crippen molar-refractivity contribution >= 4 is 5.97 Å². The van der Waals surface area contributed by atoms with Crippen LogP contribution >= 0.6 is 0 Å². The Morgan fingerprint density at radius 1 is 0.479 bits per heavy atom. The number of carbonyl (C=O) groups excluding carboxylic acids is 1. The maximum Gasteiger partial charge on any atom is 0.338 e. The van der Waals surface area contributed by atoms with E-state index in [1.165, 1.54) is 97.0 Å². The summed E-state index contributed by atoms with van der Waals surface area (Å²) in [5, 5.41) is 0. The van der Waals surface area contributed by atoms with Gasteiger partial charge in [0.2, 0.25) is 0 Å². The quantitative estimate of drug-likeness (QED) is 0.0570. The highest BCUT2D eigenvalue weighted by molar-refractivity contribution is 5.90. The van der Waals surface area contributed by atoms with Crippen molar-refractivity contribution in [1.29, 1.82) is 0 Å². The molecule has 0 bridgehead atoms. The lowest BCUT2D eigenvalue weighted by Gasteiger charge is -2.12. The molecule has 3 rings (SSSR count). The summed E-state index contributed by atoms with van der Waals surface area (Å²) < 4.78 is 28.6. The van der Waals surface area contributed by atoms with Crippen LogP contribution in [0.2, 0.25) is 0 Å². The highest BCUT2D eigenvalue weighted by Gasteiger charge is 2.11. The molecule has 0 N–H and O–H groups in total. The first kappa shape index (κ1) is 38.8. The van der Waals surface area contributed by atoms with Gasteiger partial charge in [-0.3, -0.25) is 0 Å². The number of methoxy groups -OCH3 is 1. The molecule has 0 aliphatic heterocycles. The zero-order valence-corrected chi connectivity index (χ0v) is 29.7. The molecule has 0 saturated carbocycles. The summed E-state index contributed by atoms with van der Waals surface area (Å²) in [7, 11) is 1.38. The van der Waals surface area contributed by atoms with Crippen LogP contribution in [-0.4, -0.2) is 32.9 Å². The lowest BCUT2D eigenvalue weighted by atomic mass is 10.0. The van der Waals surface area contributed by atoms with Gasteiger partial charge in [0.1, 0.15) is 29.6 Å². The van der Waals surface area contributed by atoms with Crippen molar-refractivity contribution in [3.63, 3.8) is 0 Å². The van der Waals surface area contributed by atoms with Gasteiger partial charge in [0.25, 0.3) is 0 Å². The van der Waals surface area contributed by atoms with Crippen molar-refractivity contribution in [2.75, 3.05) is 26.9 Å². The average Bonchev–Trinajstić information content (AvgIpc) is 3.12. The summed E-state index contributed by atoms with van der Waals surface area (Å²) in [5.74, 6) is 2.37. The van der Waals surface area contributed by atoms with Gasteiger partial charge in [-0.25, -0.2) is 4.79 Å². The van der Waals surface area contributed by atoms with Gasteiger partial charge in [0.15, 0.2) is 0 Å². The van der Waals surface area contributed by atoms with Crippen LogP contribution in [0.3, 0.4) is 0 Å². The first-order valence-electron chi connectivity index (χ1n) is 18.6. The molecule has 264 valence electrons. The predicted molar refractivity (Wildman–Crippen MR) is 196 cm³/mol. The number of unbranched alkanes of at least 4 members (excludes halogenated alkanes) is 15. The average molecular weight is 661 g/mol. The summed E-state index contributed by atoms with van der Waals surface area (Å²) >= 11 is 0. The van der Waals surface area contributed by atoms with Crippen LogP contribution < -0.4 is 18.9 Å². The molecule has 0 atom stereocenters. The number of benzene rings is 3. The monoisotopic (exact) mass is 660 g/mol. The van der Waals surface area contributed by atoms with Crippen LogP contribution in [0.25, 0.3) is 0 Å². The molecule has 3 aromatic rings. The molecular formula is C42H60O6. The fourth-order valence-corrected chi connectivity index (χ4v) is 5.63. The van der Waals surface area contributed by atoms with Crippen molar-refractivity contribution in [3.05, 3.63) is 83.9 Å². The fourth-order valence-electron chi connectivity index (χ4n) is 5.63. The number of carbonyl (C=O) groups is 1. The van der Waals surface area contributed by atoms with Crippen LogP contribution in [0.5, 0.6) is 23.0 Å². The molecule has 0 unspecified atom stereocenters. The summed E-state index contributed by atoms with van der Waals surface area (Å²) in [5.41, 5.74) is 1.55. The second kappa shape index (κ2) is 25.4. The van der Waals surface area contributed by atoms with E-state index in [1.807, 2.05) is 60.7 Å². The van der Waals surface area contributed by atoms with Gasteiger partial charge in [-0.1, -0.05) is 134 Å². The third-order valence-corrected chi connectivity index (χ3v) is 8.47. The maximum atomic E-state index is 12.3. The molecule has 48 heavy (non-hydrogen) atoms. The van der Waals surface area contributed by atoms with Gasteiger partial charge >= 0.3 is 5.97 Å². The van der Waals surface area contributed by atoms with Crippen molar-refractivity contribution in [2.24, 2.45) is 0 Å². The van der Waals surface area contributed by atoms with Crippen LogP contribution in [-0.2, 0) is 11.3 Å². The van der Waals surface area contributed by atoms with E-state index in [9.17, 15) is 4.79 Å². The molecule has 0 amide bonds. The molecule has 0 saturated heterocycles. The van der Waals surface area contributed by atoms with E-state index < -0.39 is 5.97 Å². The SMILES string of the molecule is CCCCCCCCCCCCCCCCCCOc1cc(OCCCOc2ccc(OCc3ccccc3)cc2)cc(C(=O)OC)c1. The molecule has 6 heteroatoms. The topological polar surface area (TPSA) is 63.2 Å². The summed E-state index contributed by atoms with van der Waals surface area (Å²) in [6, 6.07) is 23.0. The smallest absolute Gasteiger partial charge is 0.338 e. The van der Waals surface area contributed by atoms with Crippen LogP contribution in [0.1, 0.15) is 132 Å². The van der Waals surface area contributed by atoms with Gasteiger partial charge in [0.05, 0.1) is 32.5 Å². The second-order valence-corrected chi connectivity index (χ2v) is 12.6. The molecule has 0 radical (unpaired) electrons. The molecule has 0 fully saturated rings. The van der Waals surface area contributed by atoms with Crippen molar-refractivity contribution in [1.82, 2.24) is 0 Å². The normalized spacial score (nSPS) is 10.9. The molecular weight excluding hydrogens is 600 g/mol. The first-order chi connectivity index (χ1) is 23.7. The van der Waals surface area contributed by atoms with Gasteiger partial charge in [-0.15, -0.1) is 0 Å². The van der Waals surface area contributed by atoms with Gasteiger partial charge in [-0.2, -0.15) is 0 Å². The third kappa shape index (κ3) is 17.5. The number of ether oxygens (including phenoxy) is 5. The molecule has 0 aliphatic carbocycles. The Bertz CT molecular complexity index is 1230. The van der Waals surface area contributed by atoms with Gasteiger partial charge < -0.3 is 23.7 Å². The fraction of sp³-hybridized carbons (Fsp3) is 0.548. The molecule has 0 spiro atoms. The highest BCUT2D eigenvalue weighted by atomic mass is 16.5. The number of rotatable bonds is 28. The zero-order valence-electron chi connectivity index (χ0n) is 29.7. The Kier molecular flexibility index (Phi) is 20.5. The second-order valence-electron chi connectivity index (χ2n) is 12.6. The Labute approximate surface area is 290 Å². The van der Waals surface area contributed by atoms with Crippen molar-refractivity contribution in [3.8, 4) is 23.0 Å². The van der Waals surface area contributed by atoms with Crippen molar-refractivity contribution < 1.29 is 28.5 Å². The van der Waals surface area contributed by atoms with E-state index in [1.54, 1.807) is 12.1 Å². The molecule has 0 aliphatic rings. The van der Waals surface area contributed by atoms with E-state index in [4.69, 9.17) is 23.7 Å². The van der Waals surface area contributed by atoms with E-state index in [0.29, 0.717) is 49.9 Å². The molecule has 0 aromatic heterocycles. The third-order valence-electron chi connectivity index (χ3n) is 8.47. The van der Waals surface area contributed by atoms with Crippen LogP contribution in [0, 0.1) is 0 Å². The number of esters is 1. The Morgan fingerprint density at radius 3 is 1.42 bits per heavy atom. The van der Waals surface area contributed by atoms with E-state index in [0.717, 1.165) is 29.9 Å². The standard InChI is InChI=1S/C42H60O6/c1-3-4-5-6-7-8-9-10-11-12-13-14-15-16-17-21-29-46-40-32-37(42(43)44-2)33-41(34-40)47-31-22-30-45-38-25-27-39(28-26-38)48-35-36-23-19-18-20-24-36/h18-20,23-28,32-34H,3-17,21-22,29-31,35H2,1-2H3. The minimum absolute atomic E-state index is 0.410. The Hall–Kier alpha value is -3.67. The van der Waals surface area contributed by atoms with Crippen LogP contribution in [0.4, 0.5) is 0 Å².